The molecule has 0 amide bonds. The molecule has 0 aliphatic rings. The molecule has 0 fully saturated rings. The van der Waals surface area contributed by atoms with E-state index in [0.717, 1.165) is 22.3 Å². The zero-order valence-corrected chi connectivity index (χ0v) is 13.3. The fraction of sp³-hybridized carbons (Fsp3) is 0.500. The average molecular weight is 312 g/mol. The van der Waals surface area contributed by atoms with Gasteiger partial charge in [-0.3, -0.25) is 4.68 Å². The number of ether oxygens (including phenoxy) is 1. The monoisotopic (exact) mass is 312 g/mol. The smallest absolute Gasteiger partial charge is 0.341 e. The van der Waals surface area contributed by atoms with Crippen LogP contribution < -0.4 is 0 Å². The highest BCUT2D eigenvalue weighted by molar-refractivity contribution is 8.00. The summed E-state index contributed by atoms with van der Waals surface area (Å²) < 4.78 is 11.9. The molecule has 0 aromatic carbocycles. The summed E-state index contributed by atoms with van der Waals surface area (Å²) in [6, 6.07) is 0. The summed E-state index contributed by atoms with van der Waals surface area (Å²) in [6.07, 6.45) is 2.38. The van der Waals surface area contributed by atoms with Crippen LogP contribution in [-0.2, 0) is 24.0 Å². The average Bonchev–Trinajstić information content (AvgIpc) is 3.03. The summed E-state index contributed by atoms with van der Waals surface area (Å²) in [5.41, 5.74) is 1.35. The SMILES string of the molecule is CCOC(=O)c1cnn(C)c1CSc1nc(CC)ns1. The molecule has 0 saturated carbocycles. The van der Waals surface area contributed by atoms with Crippen molar-refractivity contribution in [1.82, 2.24) is 19.1 Å². The first-order chi connectivity index (χ1) is 9.65. The number of thioether (sulfide) groups is 1. The minimum atomic E-state index is -0.331. The molecule has 0 unspecified atom stereocenters. The van der Waals surface area contributed by atoms with Gasteiger partial charge in [-0.25, -0.2) is 9.78 Å². The maximum absolute atomic E-state index is 11.8. The van der Waals surface area contributed by atoms with Crippen molar-refractivity contribution in [2.75, 3.05) is 6.61 Å². The summed E-state index contributed by atoms with van der Waals surface area (Å²) in [6.45, 7) is 4.17. The van der Waals surface area contributed by atoms with Crippen LogP contribution >= 0.6 is 23.3 Å². The van der Waals surface area contributed by atoms with Crippen LogP contribution in [0.4, 0.5) is 0 Å². The van der Waals surface area contributed by atoms with Gasteiger partial charge in [0.2, 0.25) is 0 Å². The standard InChI is InChI=1S/C12H16N4O2S2/c1-4-10-14-12(20-15-10)19-7-9-8(6-13-16(9)3)11(17)18-5-2/h6H,4-5,7H2,1-3H3. The first kappa shape index (κ1) is 15.0. The molecule has 8 heteroatoms. The van der Waals surface area contributed by atoms with Gasteiger partial charge in [-0.1, -0.05) is 18.7 Å². The summed E-state index contributed by atoms with van der Waals surface area (Å²) in [7, 11) is 1.82. The van der Waals surface area contributed by atoms with E-state index in [1.165, 1.54) is 11.5 Å². The number of hydrogen-bond donors (Lipinski definition) is 0. The lowest BCUT2D eigenvalue weighted by molar-refractivity contribution is 0.0525. The van der Waals surface area contributed by atoms with Crippen LogP contribution in [0, 0.1) is 0 Å². The minimum Gasteiger partial charge on any atom is -0.462 e. The van der Waals surface area contributed by atoms with Crippen molar-refractivity contribution in [3.05, 3.63) is 23.3 Å². The molecule has 0 radical (unpaired) electrons. The molecular weight excluding hydrogens is 296 g/mol. The van der Waals surface area contributed by atoms with Gasteiger partial charge in [0.15, 0.2) is 4.34 Å². The molecule has 0 N–H and O–H groups in total. The lowest BCUT2D eigenvalue weighted by atomic mass is 10.3. The number of esters is 1. The van der Waals surface area contributed by atoms with Crippen LogP contribution in [-0.4, -0.2) is 31.7 Å². The van der Waals surface area contributed by atoms with E-state index in [4.69, 9.17) is 4.74 Å². The Kier molecular flexibility index (Phi) is 5.13. The molecular formula is C12H16N4O2S2. The number of rotatable bonds is 6. The number of hydrogen-bond acceptors (Lipinski definition) is 7. The van der Waals surface area contributed by atoms with Crippen LogP contribution in [0.5, 0.6) is 0 Å². The molecule has 0 bridgehead atoms. The lowest BCUT2D eigenvalue weighted by Gasteiger charge is -2.04. The van der Waals surface area contributed by atoms with E-state index in [0.29, 0.717) is 17.9 Å². The van der Waals surface area contributed by atoms with Crippen molar-refractivity contribution in [2.45, 2.75) is 30.4 Å². The summed E-state index contributed by atoms with van der Waals surface area (Å²) in [5.74, 6) is 1.14. The fourth-order valence-electron chi connectivity index (χ4n) is 1.58. The van der Waals surface area contributed by atoms with Gasteiger partial charge >= 0.3 is 5.97 Å². The number of nitrogens with zero attached hydrogens (tertiary/aromatic N) is 4. The maximum atomic E-state index is 11.8. The molecule has 2 heterocycles. The largest absolute Gasteiger partial charge is 0.462 e. The van der Waals surface area contributed by atoms with Gasteiger partial charge in [-0.2, -0.15) is 9.47 Å². The van der Waals surface area contributed by atoms with E-state index in [2.05, 4.69) is 14.5 Å². The fourth-order valence-corrected chi connectivity index (χ4v) is 3.36. The Balaban J connectivity index is 2.08. The molecule has 0 saturated heterocycles. The lowest BCUT2D eigenvalue weighted by Crippen LogP contribution is -2.08. The van der Waals surface area contributed by atoms with Gasteiger partial charge in [0.1, 0.15) is 11.4 Å². The topological polar surface area (TPSA) is 69.9 Å². The van der Waals surface area contributed by atoms with Gasteiger partial charge in [-0.15, -0.1) is 0 Å². The third-order valence-electron chi connectivity index (χ3n) is 2.65. The predicted molar refractivity (Wildman–Crippen MR) is 78.0 cm³/mol. The van der Waals surface area contributed by atoms with E-state index >= 15 is 0 Å². The van der Waals surface area contributed by atoms with Crippen molar-refractivity contribution in [3.8, 4) is 0 Å². The van der Waals surface area contributed by atoms with Gasteiger partial charge in [0, 0.05) is 19.2 Å². The quantitative estimate of drug-likeness (QED) is 0.602. The number of aryl methyl sites for hydroxylation is 2. The Bertz CT molecular complexity index is 594. The van der Waals surface area contributed by atoms with E-state index in [1.807, 2.05) is 14.0 Å². The Morgan fingerprint density at radius 1 is 1.50 bits per heavy atom. The number of carbonyl (C=O) groups is 1. The molecule has 0 aliphatic carbocycles. The molecule has 6 nitrogen and oxygen atoms in total. The van der Waals surface area contributed by atoms with E-state index in [1.54, 1.807) is 29.6 Å². The Hall–Kier alpha value is -1.41. The molecule has 20 heavy (non-hydrogen) atoms. The second kappa shape index (κ2) is 6.85. The van der Waals surface area contributed by atoms with Gasteiger partial charge in [0.25, 0.3) is 0 Å². The molecule has 0 aliphatic heterocycles. The van der Waals surface area contributed by atoms with Gasteiger partial charge < -0.3 is 4.74 Å². The summed E-state index contributed by atoms with van der Waals surface area (Å²) in [5, 5.41) is 4.12. The maximum Gasteiger partial charge on any atom is 0.341 e. The summed E-state index contributed by atoms with van der Waals surface area (Å²) in [4.78, 5) is 16.2. The zero-order valence-electron chi connectivity index (χ0n) is 11.6. The van der Waals surface area contributed by atoms with Crippen LogP contribution in [0.15, 0.2) is 10.5 Å². The minimum absolute atomic E-state index is 0.331. The Morgan fingerprint density at radius 2 is 2.30 bits per heavy atom. The van der Waals surface area contributed by atoms with Crippen molar-refractivity contribution in [2.24, 2.45) is 7.05 Å². The Morgan fingerprint density at radius 3 is 2.95 bits per heavy atom. The molecule has 0 spiro atoms. The third kappa shape index (κ3) is 3.37. The first-order valence-corrected chi connectivity index (χ1v) is 8.05. The van der Waals surface area contributed by atoms with Gasteiger partial charge in [0.05, 0.1) is 18.5 Å². The second-order valence-corrected chi connectivity index (χ2v) is 5.94. The number of carbonyl (C=O) groups excluding carboxylic acids is 1. The van der Waals surface area contributed by atoms with Crippen LogP contribution in [0.3, 0.4) is 0 Å². The highest BCUT2D eigenvalue weighted by Gasteiger charge is 2.17. The molecule has 0 atom stereocenters. The van der Waals surface area contributed by atoms with Crippen molar-refractivity contribution in [1.29, 1.82) is 0 Å². The molecule has 2 aromatic rings. The predicted octanol–water partition coefficient (Wildman–Crippen LogP) is 2.30. The Labute approximate surface area is 125 Å². The number of aromatic nitrogens is 4. The third-order valence-corrected chi connectivity index (χ3v) is 4.54. The highest BCUT2D eigenvalue weighted by Crippen LogP contribution is 2.26. The van der Waals surface area contributed by atoms with Crippen LogP contribution in [0.2, 0.25) is 0 Å². The molecule has 2 aromatic heterocycles. The van der Waals surface area contributed by atoms with E-state index in [-0.39, 0.29) is 5.97 Å². The van der Waals surface area contributed by atoms with Crippen LogP contribution in [0.25, 0.3) is 0 Å². The van der Waals surface area contributed by atoms with Gasteiger partial charge in [-0.05, 0) is 18.5 Å². The zero-order chi connectivity index (χ0) is 14.5. The highest BCUT2D eigenvalue weighted by atomic mass is 32.2. The van der Waals surface area contributed by atoms with Crippen molar-refractivity contribution in [3.63, 3.8) is 0 Å². The van der Waals surface area contributed by atoms with E-state index < -0.39 is 0 Å². The van der Waals surface area contributed by atoms with Crippen LogP contribution in [0.1, 0.15) is 35.7 Å². The second-order valence-electron chi connectivity index (χ2n) is 3.97. The van der Waals surface area contributed by atoms with E-state index in [9.17, 15) is 4.79 Å². The first-order valence-electron chi connectivity index (χ1n) is 6.29. The molecule has 2 rings (SSSR count). The molecule has 108 valence electrons. The van der Waals surface area contributed by atoms with Crippen molar-refractivity contribution < 1.29 is 9.53 Å². The summed E-state index contributed by atoms with van der Waals surface area (Å²) >= 11 is 2.94. The normalized spacial score (nSPS) is 10.8. The van der Waals surface area contributed by atoms with Crippen molar-refractivity contribution >= 4 is 29.3 Å².